The van der Waals surface area contributed by atoms with E-state index in [-0.39, 0.29) is 18.7 Å². The first-order valence-corrected chi connectivity index (χ1v) is 7.24. The van der Waals surface area contributed by atoms with Gasteiger partial charge in [-0.3, -0.25) is 0 Å². The summed E-state index contributed by atoms with van der Waals surface area (Å²) in [6.45, 7) is 2.04. The lowest BCUT2D eigenvalue weighted by molar-refractivity contribution is 0.235. The van der Waals surface area contributed by atoms with E-state index in [2.05, 4.69) is 5.32 Å². The molecule has 0 fully saturated rings. The quantitative estimate of drug-likeness (QED) is 0.859. The van der Waals surface area contributed by atoms with Gasteiger partial charge in [-0.05, 0) is 30.2 Å². The molecule has 2 rings (SSSR count). The van der Waals surface area contributed by atoms with E-state index in [1.165, 1.54) is 0 Å². The Bertz CT molecular complexity index is 560. The average Bonchev–Trinajstić information content (AvgIpc) is 2.45. The van der Waals surface area contributed by atoms with Crippen LogP contribution in [-0.2, 0) is 0 Å². The number of rotatable bonds is 5. The molecule has 0 saturated heterocycles. The van der Waals surface area contributed by atoms with E-state index in [4.69, 9.17) is 23.2 Å². The molecule has 0 aliphatic rings. The Morgan fingerprint density at radius 2 is 1.80 bits per heavy atom. The van der Waals surface area contributed by atoms with Crippen LogP contribution in [0.5, 0.6) is 0 Å². The van der Waals surface area contributed by atoms with Crippen LogP contribution in [0.3, 0.4) is 0 Å². The predicted octanol–water partition coefficient (Wildman–Crippen LogP) is 4.38. The first-order chi connectivity index (χ1) is 9.61. The lowest BCUT2D eigenvalue weighted by atomic mass is 10.0. The number of nitrogens with one attached hydrogen (secondary N) is 1. The van der Waals surface area contributed by atoms with Gasteiger partial charge in [-0.15, -0.1) is 0 Å². The van der Waals surface area contributed by atoms with Crippen molar-refractivity contribution in [3.05, 3.63) is 69.7 Å². The molecule has 0 aliphatic heterocycles. The van der Waals surface area contributed by atoms with Crippen molar-refractivity contribution in [3.63, 3.8) is 0 Å². The van der Waals surface area contributed by atoms with Crippen LogP contribution in [0.15, 0.2) is 48.5 Å². The minimum absolute atomic E-state index is 0.0112. The van der Waals surface area contributed by atoms with E-state index < -0.39 is 0 Å². The standard InChI is InChI=1S/C16H17Cl2NO/c1-11(14-8-7-13(17)9-15(14)18)19-16(10-20)12-5-3-2-4-6-12/h2-9,11,16,19-20H,10H2,1H3. The van der Waals surface area contributed by atoms with Crippen LogP contribution < -0.4 is 5.32 Å². The highest BCUT2D eigenvalue weighted by molar-refractivity contribution is 6.35. The summed E-state index contributed by atoms with van der Waals surface area (Å²) < 4.78 is 0. The summed E-state index contributed by atoms with van der Waals surface area (Å²) in [6.07, 6.45) is 0. The summed E-state index contributed by atoms with van der Waals surface area (Å²) in [5, 5.41) is 14.2. The summed E-state index contributed by atoms with van der Waals surface area (Å²) in [5.41, 5.74) is 2.01. The molecular formula is C16H17Cl2NO. The number of halogens is 2. The van der Waals surface area contributed by atoms with Crippen LogP contribution >= 0.6 is 23.2 Å². The number of hydrogen-bond acceptors (Lipinski definition) is 2. The van der Waals surface area contributed by atoms with Gasteiger partial charge in [0, 0.05) is 16.1 Å². The highest BCUT2D eigenvalue weighted by atomic mass is 35.5. The van der Waals surface area contributed by atoms with Crippen LogP contribution in [0.1, 0.15) is 30.1 Å². The van der Waals surface area contributed by atoms with E-state index in [0.717, 1.165) is 11.1 Å². The highest BCUT2D eigenvalue weighted by Gasteiger charge is 2.16. The molecule has 0 heterocycles. The van der Waals surface area contributed by atoms with Gasteiger partial charge in [-0.25, -0.2) is 0 Å². The minimum Gasteiger partial charge on any atom is -0.394 e. The highest BCUT2D eigenvalue weighted by Crippen LogP contribution is 2.27. The van der Waals surface area contributed by atoms with Crippen LogP contribution in [0.25, 0.3) is 0 Å². The predicted molar refractivity (Wildman–Crippen MR) is 84.3 cm³/mol. The Balaban J connectivity index is 2.15. The van der Waals surface area contributed by atoms with Gasteiger partial charge in [-0.1, -0.05) is 59.6 Å². The van der Waals surface area contributed by atoms with Gasteiger partial charge >= 0.3 is 0 Å². The molecule has 0 aromatic heterocycles. The summed E-state index contributed by atoms with van der Waals surface area (Å²) in [4.78, 5) is 0. The first kappa shape index (κ1) is 15.3. The Kier molecular flexibility index (Phi) is 5.44. The Morgan fingerprint density at radius 1 is 1.10 bits per heavy atom. The molecule has 106 valence electrons. The molecule has 0 aliphatic carbocycles. The molecule has 2 aromatic rings. The fraction of sp³-hybridized carbons (Fsp3) is 0.250. The summed E-state index contributed by atoms with van der Waals surface area (Å²) in [5.74, 6) is 0. The number of hydrogen-bond donors (Lipinski definition) is 2. The van der Waals surface area contributed by atoms with Crippen molar-refractivity contribution in [2.45, 2.75) is 19.0 Å². The van der Waals surface area contributed by atoms with E-state index in [1.807, 2.05) is 49.4 Å². The Morgan fingerprint density at radius 3 is 2.40 bits per heavy atom. The van der Waals surface area contributed by atoms with Gasteiger partial charge in [0.05, 0.1) is 12.6 Å². The van der Waals surface area contributed by atoms with Crippen LogP contribution in [0.2, 0.25) is 10.0 Å². The van der Waals surface area contributed by atoms with E-state index in [1.54, 1.807) is 6.07 Å². The van der Waals surface area contributed by atoms with E-state index >= 15 is 0 Å². The molecule has 20 heavy (non-hydrogen) atoms. The second kappa shape index (κ2) is 7.09. The monoisotopic (exact) mass is 309 g/mol. The average molecular weight is 310 g/mol. The van der Waals surface area contributed by atoms with Crippen LogP contribution in [0, 0.1) is 0 Å². The third-order valence-electron chi connectivity index (χ3n) is 3.26. The van der Waals surface area contributed by atoms with Crippen molar-refractivity contribution in [1.29, 1.82) is 0 Å². The number of benzene rings is 2. The molecule has 2 aromatic carbocycles. The second-order valence-corrected chi connectivity index (χ2v) is 5.54. The maximum Gasteiger partial charge on any atom is 0.0626 e. The molecule has 2 nitrogen and oxygen atoms in total. The van der Waals surface area contributed by atoms with Gasteiger partial charge in [0.2, 0.25) is 0 Å². The van der Waals surface area contributed by atoms with Gasteiger partial charge in [-0.2, -0.15) is 0 Å². The number of aliphatic hydroxyl groups excluding tert-OH is 1. The van der Waals surface area contributed by atoms with E-state index in [0.29, 0.717) is 10.0 Å². The SMILES string of the molecule is CC(NC(CO)c1ccccc1)c1ccc(Cl)cc1Cl. The normalized spacial score (nSPS) is 14.0. The molecule has 4 heteroatoms. The van der Waals surface area contributed by atoms with Gasteiger partial charge < -0.3 is 10.4 Å². The maximum absolute atomic E-state index is 9.57. The largest absolute Gasteiger partial charge is 0.394 e. The molecule has 0 bridgehead atoms. The van der Waals surface area contributed by atoms with Crippen molar-refractivity contribution in [2.24, 2.45) is 0 Å². The van der Waals surface area contributed by atoms with E-state index in [9.17, 15) is 5.11 Å². The third kappa shape index (κ3) is 3.74. The van der Waals surface area contributed by atoms with Crippen molar-refractivity contribution in [3.8, 4) is 0 Å². The first-order valence-electron chi connectivity index (χ1n) is 6.48. The molecule has 0 spiro atoms. The zero-order valence-electron chi connectivity index (χ0n) is 11.2. The topological polar surface area (TPSA) is 32.3 Å². The van der Waals surface area contributed by atoms with Crippen molar-refractivity contribution < 1.29 is 5.11 Å². The number of aliphatic hydroxyl groups is 1. The Hall–Kier alpha value is -1.06. The summed E-state index contributed by atoms with van der Waals surface area (Å²) in [6, 6.07) is 15.2. The van der Waals surface area contributed by atoms with Crippen LogP contribution in [-0.4, -0.2) is 11.7 Å². The fourth-order valence-electron chi connectivity index (χ4n) is 2.18. The molecule has 2 unspecified atom stereocenters. The third-order valence-corrected chi connectivity index (χ3v) is 3.83. The molecule has 2 N–H and O–H groups in total. The lowest BCUT2D eigenvalue weighted by Crippen LogP contribution is -2.27. The van der Waals surface area contributed by atoms with Crippen molar-refractivity contribution in [1.82, 2.24) is 5.32 Å². The summed E-state index contributed by atoms with van der Waals surface area (Å²) in [7, 11) is 0. The second-order valence-electron chi connectivity index (χ2n) is 4.70. The van der Waals surface area contributed by atoms with Crippen molar-refractivity contribution >= 4 is 23.2 Å². The summed E-state index contributed by atoms with van der Waals surface area (Å²) >= 11 is 12.1. The lowest BCUT2D eigenvalue weighted by Gasteiger charge is -2.23. The fourth-order valence-corrected chi connectivity index (χ4v) is 2.76. The molecule has 0 saturated carbocycles. The zero-order valence-corrected chi connectivity index (χ0v) is 12.7. The maximum atomic E-state index is 9.57. The molecular weight excluding hydrogens is 293 g/mol. The van der Waals surface area contributed by atoms with Gasteiger partial charge in [0.1, 0.15) is 0 Å². The van der Waals surface area contributed by atoms with Crippen molar-refractivity contribution in [2.75, 3.05) is 6.61 Å². The zero-order chi connectivity index (χ0) is 14.5. The molecule has 0 radical (unpaired) electrons. The molecule has 2 atom stereocenters. The minimum atomic E-state index is -0.127. The molecule has 0 amide bonds. The van der Waals surface area contributed by atoms with Gasteiger partial charge in [0.15, 0.2) is 0 Å². The Labute approximate surface area is 129 Å². The van der Waals surface area contributed by atoms with Gasteiger partial charge in [0.25, 0.3) is 0 Å². The smallest absolute Gasteiger partial charge is 0.0626 e. The van der Waals surface area contributed by atoms with Crippen LogP contribution in [0.4, 0.5) is 0 Å².